The van der Waals surface area contributed by atoms with Crippen LogP contribution in [0.5, 0.6) is 0 Å². The summed E-state index contributed by atoms with van der Waals surface area (Å²) in [5, 5.41) is 4.62. The minimum atomic E-state index is -0.145. The van der Waals surface area contributed by atoms with Gasteiger partial charge in [-0.3, -0.25) is 4.79 Å². The number of pyridine rings is 1. The van der Waals surface area contributed by atoms with E-state index in [1.165, 1.54) is 11.1 Å². The number of hydrogen-bond donors (Lipinski definition) is 1. The van der Waals surface area contributed by atoms with E-state index in [1.54, 1.807) is 0 Å². The molecule has 5 heteroatoms. The lowest BCUT2D eigenvalue weighted by atomic mass is 9.90. The van der Waals surface area contributed by atoms with Gasteiger partial charge in [0.2, 0.25) is 6.54 Å². The van der Waals surface area contributed by atoms with Crippen LogP contribution in [0.15, 0.2) is 96.4 Å². The van der Waals surface area contributed by atoms with Gasteiger partial charge in [0.25, 0.3) is 0 Å². The van der Waals surface area contributed by atoms with Gasteiger partial charge in [-0.25, -0.2) is 5.43 Å². The van der Waals surface area contributed by atoms with Gasteiger partial charge in [0, 0.05) is 31.0 Å². The zero-order valence-corrected chi connectivity index (χ0v) is 17.6. The molecule has 0 radical (unpaired) electrons. The molecule has 0 bridgehead atoms. The second-order valence-corrected chi connectivity index (χ2v) is 7.57. The molecule has 0 saturated heterocycles. The molecule has 154 valence electrons. The highest BCUT2D eigenvalue weighted by Crippen LogP contribution is 2.21. The molecule has 3 aromatic rings. The van der Waals surface area contributed by atoms with Gasteiger partial charge in [0.15, 0.2) is 12.4 Å². The summed E-state index contributed by atoms with van der Waals surface area (Å²) in [5.41, 5.74) is 6.08. The fourth-order valence-electron chi connectivity index (χ4n) is 3.37. The number of aromatic nitrogens is 1. The molecule has 0 aliphatic rings. The minimum absolute atomic E-state index is 0.0751. The molecule has 0 saturated carbocycles. The van der Waals surface area contributed by atoms with Crippen molar-refractivity contribution in [1.29, 1.82) is 0 Å². The van der Waals surface area contributed by atoms with Crippen LogP contribution in [-0.4, -0.2) is 37.2 Å². The first-order valence-electron chi connectivity index (χ1n) is 10.1. The standard InChI is InChI=1S/C25H28N4O/c1-28(2)19-23(22-14-8-4-9-15-22)24(18-21-12-6-3-7-13-21)26-27-25(30)20-29-16-10-5-11-17-29/h3-17,23H,18-20H2,1-2H3/p+1/b26-24+/t23-/m0/s1. The van der Waals surface area contributed by atoms with Gasteiger partial charge in [-0.05, 0) is 25.2 Å². The molecule has 1 atom stereocenters. The van der Waals surface area contributed by atoms with Crippen molar-refractivity contribution in [3.05, 3.63) is 102 Å². The van der Waals surface area contributed by atoms with Crippen LogP contribution >= 0.6 is 0 Å². The lowest BCUT2D eigenvalue weighted by Gasteiger charge is -2.23. The number of benzene rings is 2. The van der Waals surface area contributed by atoms with Gasteiger partial charge in [0.05, 0.1) is 5.71 Å². The van der Waals surface area contributed by atoms with Crippen molar-refractivity contribution >= 4 is 11.6 Å². The molecule has 2 aromatic carbocycles. The maximum atomic E-state index is 12.5. The summed E-state index contributed by atoms with van der Waals surface area (Å²) in [6, 6.07) is 26.3. The number of likely N-dealkylation sites (N-methyl/N-ethyl adjacent to an activating group) is 1. The summed E-state index contributed by atoms with van der Waals surface area (Å²) in [5.74, 6) is -0.0699. The second-order valence-electron chi connectivity index (χ2n) is 7.57. The van der Waals surface area contributed by atoms with Crippen LogP contribution in [-0.2, 0) is 17.8 Å². The van der Waals surface area contributed by atoms with E-state index in [4.69, 9.17) is 0 Å². The molecule has 0 spiro atoms. The van der Waals surface area contributed by atoms with E-state index >= 15 is 0 Å². The monoisotopic (exact) mass is 401 g/mol. The van der Waals surface area contributed by atoms with E-state index in [-0.39, 0.29) is 18.4 Å². The third-order valence-corrected chi connectivity index (χ3v) is 4.81. The molecule has 3 rings (SSSR count). The normalized spacial score (nSPS) is 12.6. The number of hydrogen-bond acceptors (Lipinski definition) is 3. The first-order valence-corrected chi connectivity index (χ1v) is 10.1. The Hall–Kier alpha value is -3.31. The van der Waals surface area contributed by atoms with Gasteiger partial charge in [-0.15, -0.1) is 0 Å². The van der Waals surface area contributed by atoms with Gasteiger partial charge in [-0.1, -0.05) is 66.7 Å². The van der Waals surface area contributed by atoms with E-state index in [2.05, 4.69) is 53.8 Å². The van der Waals surface area contributed by atoms with Crippen LogP contribution in [0.2, 0.25) is 0 Å². The number of carbonyl (C=O) groups excluding carboxylic acids is 1. The average molecular weight is 402 g/mol. The van der Waals surface area contributed by atoms with Crippen molar-refractivity contribution < 1.29 is 9.36 Å². The zero-order valence-electron chi connectivity index (χ0n) is 17.6. The quantitative estimate of drug-likeness (QED) is 0.340. The highest BCUT2D eigenvalue weighted by Gasteiger charge is 2.21. The molecule has 30 heavy (non-hydrogen) atoms. The van der Waals surface area contributed by atoms with E-state index in [0.29, 0.717) is 6.42 Å². The minimum Gasteiger partial charge on any atom is -0.308 e. The smallest absolute Gasteiger partial charge is 0.305 e. The maximum Gasteiger partial charge on any atom is 0.305 e. The zero-order chi connectivity index (χ0) is 21.2. The van der Waals surface area contributed by atoms with E-state index in [0.717, 1.165) is 12.3 Å². The third-order valence-electron chi connectivity index (χ3n) is 4.81. The molecule has 1 aromatic heterocycles. The topological polar surface area (TPSA) is 48.6 Å². The first kappa shape index (κ1) is 21.4. The predicted octanol–water partition coefficient (Wildman–Crippen LogP) is 3.03. The molecule has 1 amide bonds. The molecular formula is C25H29N4O+. The molecule has 0 aliphatic heterocycles. The fraction of sp³-hybridized carbons (Fsp3) is 0.240. The lowest BCUT2D eigenvalue weighted by Crippen LogP contribution is -2.41. The molecule has 0 unspecified atom stereocenters. The Morgan fingerprint density at radius 1 is 0.933 bits per heavy atom. The molecule has 1 N–H and O–H groups in total. The molecule has 1 heterocycles. The van der Waals surface area contributed by atoms with Crippen molar-refractivity contribution in [2.45, 2.75) is 18.9 Å². The van der Waals surface area contributed by atoms with E-state index in [9.17, 15) is 4.79 Å². The molecule has 0 fully saturated rings. The Labute approximate surface area is 178 Å². The van der Waals surface area contributed by atoms with Crippen LogP contribution in [0.4, 0.5) is 0 Å². The summed E-state index contributed by atoms with van der Waals surface area (Å²) >= 11 is 0. The second kappa shape index (κ2) is 11.0. The number of hydrazone groups is 1. The van der Waals surface area contributed by atoms with Crippen LogP contribution in [0, 0.1) is 0 Å². The van der Waals surface area contributed by atoms with Gasteiger partial charge < -0.3 is 4.90 Å². The van der Waals surface area contributed by atoms with Crippen molar-refractivity contribution in [3.8, 4) is 0 Å². The summed E-state index contributed by atoms with van der Waals surface area (Å²) in [6.07, 6.45) is 4.41. The Morgan fingerprint density at radius 2 is 1.53 bits per heavy atom. The van der Waals surface area contributed by atoms with E-state index in [1.807, 2.05) is 71.6 Å². The molecular weight excluding hydrogens is 372 g/mol. The van der Waals surface area contributed by atoms with Gasteiger partial charge in [0.1, 0.15) is 0 Å². The van der Waals surface area contributed by atoms with Crippen LogP contribution in [0.1, 0.15) is 17.0 Å². The third kappa shape index (κ3) is 6.64. The van der Waals surface area contributed by atoms with Crippen molar-refractivity contribution in [3.63, 3.8) is 0 Å². The Kier molecular flexibility index (Phi) is 7.86. The van der Waals surface area contributed by atoms with Crippen LogP contribution in [0.3, 0.4) is 0 Å². The Bertz CT molecular complexity index is 941. The van der Waals surface area contributed by atoms with Crippen molar-refractivity contribution in [1.82, 2.24) is 10.3 Å². The number of nitrogens with one attached hydrogen (secondary N) is 1. The lowest BCUT2D eigenvalue weighted by molar-refractivity contribution is -0.684. The molecule has 0 aliphatic carbocycles. The number of nitrogens with zero attached hydrogens (tertiary/aromatic N) is 3. The van der Waals surface area contributed by atoms with Crippen LogP contribution in [0.25, 0.3) is 0 Å². The molecule has 5 nitrogen and oxygen atoms in total. The average Bonchev–Trinajstić information content (AvgIpc) is 2.77. The number of carbonyl (C=O) groups is 1. The number of amides is 1. The first-order chi connectivity index (χ1) is 14.6. The van der Waals surface area contributed by atoms with Crippen molar-refractivity contribution in [2.75, 3.05) is 20.6 Å². The predicted molar refractivity (Wildman–Crippen MR) is 120 cm³/mol. The summed E-state index contributed by atoms with van der Waals surface area (Å²) in [7, 11) is 4.11. The van der Waals surface area contributed by atoms with Gasteiger partial charge in [-0.2, -0.15) is 9.67 Å². The summed E-state index contributed by atoms with van der Waals surface area (Å²) < 4.78 is 1.83. The maximum absolute atomic E-state index is 12.5. The highest BCUT2D eigenvalue weighted by atomic mass is 16.2. The summed E-state index contributed by atoms with van der Waals surface area (Å²) in [6.45, 7) is 1.03. The van der Waals surface area contributed by atoms with Crippen molar-refractivity contribution in [2.24, 2.45) is 5.10 Å². The largest absolute Gasteiger partial charge is 0.308 e. The fourth-order valence-corrected chi connectivity index (χ4v) is 3.37. The van der Waals surface area contributed by atoms with Crippen LogP contribution < -0.4 is 9.99 Å². The number of rotatable bonds is 9. The van der Waals surface area contributed by atoms with E-state index < -0.39 is 0 Å². The SMILES string of the molecule is CN(C)C[C@H](/C(Cc1ccccc1)=N/NC(=O)C[n+]1ccccc1)c1ccccc1. The summed E-state index contributed by atoms with van der Waals surface area (Å²) in [4.78, 5) is 14.7. The Balaban J connectivity index is 1.85. The Morgan fingerprint density at radius 3 is 2.17 bits per heavy atom. The highest BCUT2D eigenvalue weighted by molar-refractivity contribution is 5.93. The van der Waals surface area contributed by atoms with Gasteiger partial charge >= 0.3 is 5.91 Å².